The maximum Gasteiger partial charge on any atom is 0.305 e. The summed E-state index contributed by atoms with van der Waals surface area (Å²) in [6.45, 7) is 5.14. The van der Waals surface area contributed by atoms with E-state index in [1.54, 1.807) is 0 Å². The van der Waals surface area contributed by atoms with Crippen LogP contribution in [0.15, 0.2) is 59.4 Å². The normalized spacial score (nSPS) is 15.2. The highest BCUT2D eigenvalue weighted by Crippen LogP contribution is 2.25. The molecule has 1 aromatic heterocycles. The van der Waals surface area contributed by atoms with Gasteiger partial charge in [-0.05, 0) is 36.2 Å². The van der Waals surface area contributed by atoms with Gasteiger partial charge in [-0.3, -0.25) is 9.69 Å². The molecule has 0 aliphatic carbocycles. The smallest absolute Gasteiger partial charge is 0.305 e. The molecule has 140 valence electrons. The van der Waals surface area contributed by atoms with E-state index in [1.807, 2.05) is 24.3 Å². The van der Waals surface area contributed by atoms with Crippen molar-refractivity contribution in [3.63, 3.8) is 0 Å². The predicted octanol–water partition coefficient (Wildman–Crippen LogP) is 4.12. The number of halogens is 1. The van der Waals surface area contributed by atoms with E-state index in [1.165, 1.54) is 17.0 Å². The second-order valence-corrected chi connectivity index (χ2v) is 8.24. The lowest BCUT2D eigenvalue weighted by Crippen LogP contribution is -2.46. The molecule has 1 aliphatic rings. The van der Waals surface area contributed by atoms with Gasteiger partial charge in [-0.25, -0.2) is 0 Å². The zero-order chi connectivity index (χ0) is 18.6. The molecule has 27 heavy (non-hydrogen) atoms. The number of H-pyrrole nitrogens is 1. The highest BCUT2D eigenvalue weighted by atomic mass is 35.5. The largest absolute Gasteiger partial charge is 0.369 e. The second-order valence-electron chi connectivity index (χ2n) is 6.73. The molecule has 1 aliphatic heterocycles. The van der Waals surface area contributed by atoms with Gasteiger partial charge in [0.2, 0.25) is 0 Å². The first-order valence-electron chi connectivity index (χ1n) is 9.19. The van der Waals surface area contributed by atoms with E-state index < -0.39 is 0 Å². The standard InChI is InChI=1S/C21H22ClN3OS/c22-17-8-6-16(7-9-17)20-19(27-21(26)23-20)10-11-24-12-14-25(15-13-24)18-4-2-1-3-5-18/h1-9H,10-15H2,(H,23,26). The minimum Gasteiger partial charge on any atom is -0.369 e. The number of piperazine rings is 1. The number of hydrogen-bond donors (Lipinski definition) is 1. The molecule has 0 bridgehead atoms. The third kappa shape index (κ3) is 4.43. The molecule has 0 saturated carbocycles. The first-order valence-corrected chi connectivity index (χ1v) is 10.4. The van der Waals surface area contributed by atoms with Gasteiger partial charge in [-0.15, -0.1) is 0 Å². The van der Waals surface area contributed by atoms with E-state index in [9.17, 15) is 4.79 Å². The number of hydrogen-bond acceptors (Lipinski definition) is 4. The van der Waals surface area contributed by atoms with Crippen LogP contribution in [0.5, 0.6) is 0 Å². The van der Waals surface area contributed by atoms with Crippen molar-refractivity contribution in [2.45, 2.75) is 6.42 Å². The number of thiazole rings is 1. The average molecular weight is 400 g/mol. The predicted molar refractivity (Wildman–Crippen MR) is 114 cm³/mol. The molecule has 4 nitrogen and oxygen atoms in total. The van der Waals surface area contributed by atoms with E-state index in [-0.39, 0.29) is 4.87 Å². The number of rotatable bonds is 5. The topological polar surface area (TPSA) is 39.3 Å². The molecule has 1 fully saturated rings. The summed E-state index contributed by atoms with van der Waals surface area (Å²) in [7, 11) is 0. The maximum absolute atomic E-state index is 11.9. The van der Waals surface area contributed by atoms with Gasteiger partial charge < -0.3 is 9.88 Å². The number of aromatic amines is 1. The fourth-order valence-electron chi connectivity index (χ4n) is 3.51. The zero-order valence-electron chi connectivity index (χ0n) is 15.0. The summed E-state index contributed by atoms with van der Waals surface area (Å²) in [4.78, 5) is 20.9. The van der Waals surface area contributed by atoms with Gasteiger partial charge in [-0.2, -0.15) is 0 Å². The lowest BCUT2D eigenvalue weighted by Gasteiger charge is -2.36. The minimum atomic E-state index is 0.00356. The Morgan fingerprint density at radius 2 is 1.67 bits per heavy atom. The molecule has 3 aromatic rings. The molecule has 1 N–H and O–H groups in total. The summed E-state index contributed by atoms with van der Waals surface area (Å²) in [5.41, 5.74) is 3.25. The second kappa shape index (κ2) is 8.30. The van der Waals surface area contributed by atoms with Crippen molar-refractivity contribution in [2.24, 2.45) is 0 Å². The van der Waals surface area contributed by atoms with E-state index in [0.717, 1.165) is 55.3 Å². The number of nitrogens with zero attached hydrogens (tertiary/aromatic N) is 2. The Hall–Kier alpha value is -2.08. The van der Waals surface area contributed by atoms with Crippen LogP contribution in [0.3, 0.4) is 0 Å². The van der Waals surface area contributed by atoms with Crippen molar-refractivity contribution in [2.75, 3.05) is 37.6 Å². The zero-order valence-corrected chi connectivity index (χ0v) is 16.6. The SMILES string of the molecule is O=c1[nH]c(-c2ccc(Cl)cc2)c(CCN2CCN(c3ccccc3)CC2)s1. The molecular weight excluding hydrogens is 378 g/mol. The molecule has 2 heterocycles. The van der Waals surface area contributed by atoms with Crippen LogP contribution in [0, 0.1) is 0 Å². The van der Waals surface area contributed by atoms with Gasteiger partial charge in [0, 0.05) is 48.3 Å². The summed E-state index contributed by atoms with van der Waals surface area (Å²) in [5.74, 6) is 0. The van der Waals surface area contributed by atoms with Crippen LogP contribution in [-0.4, -0.2) is 42.6 Å². The minimum absolute atomic E-state index is 0.00356. The number of benzene rings is 2. The Kier molecular flexibility index (Phi) is 5.62. The molecule has 0 amide bonds. The molecule has 1 saturated heterocycles. The monoisotopic (exact) mass is 399 g/mol. The summed E-state index contributed by atoms with van der Waals surface area (Å²) < 4.78 is 0. The van der Waals surface area contributed by atoms with Crippen molar-refractivity contribution in [1.82, 2.24) is 9.88 Å². The molecule has 0 spiro atoms. The van der Waals surface area contributed by atoms with Gasteiger partial charge >= 0.3 is 4.87 Å². The van der Waals surface area contributed by atoms with Gasteiger partial charge in [0.1, 0.15) is 0 Å². The van der Waals surface area contributed by atoms with Gasteiger partial charge in [-0.1, -0.05) is 53.3 Å². The summed E-state index contributed by atoms with van der Waals surface area (Å²) in [6, 6.07) is 18.2. The fraction of sp³-hybridized carbons (Fsp3) is 0.286. The third-order valence-corrected chi connectivity index (χ3v) is 6.20. The van der Waals surface area contributed by atoms with Crippen LogP contribution < -0.4 is 9.77 Å². The Bertz CT molecular complexity index is 928. The molecule has 4 rings (SSSR count). The quantitative estimate of drug-likeness (QED) is 0.701. The van der Waals surface area contributed by atoms with Crippen LogP contribution in [-0.2, 0) is 6.42 Å². The lowest BCUT2D eigenvalue weighted by molar-refractivity contribution is 0.261. The Morgan fingerprint density at radius 3 is 2.37 bits per heavy atom. The summed E-state index contributed by atoms with van der Waals surface area (Å²) >= 11 is 7.30. The van der Waals surface area contributed by atoms with Gasteiger partial charge in [0.15, 0.2) is 0 Å². The number of aromatic nitrogens is 1. The van der Waals surface area contributed by atoms with Crippen LogP contribution in [0.25, 0.3) is 11.3 Å². The van der Waals surface area contributed by atoms with Crippen LogP contribution in [0.2, 0.25) is 5.02 Å². The number of nitrogens with one attached hydrogen (secondary N) is 1. The van der Waals surface area contributed by atoms with E-state index in [4.69, 9.17) is 11.6 Å². The molecule has 6 heteroatoms. The summed E-state index contributed by atoms with van der Waals surface area (Å²) in [6.07, 6.45) is 0.882. The fourth-order valence-corrected chi connectivity index (χ4v) is 4.48. The van der Waals surface area contributed by atoms with Crippen molar-refractivity contribution >= 4 is 28.6 Å². The van der Waals surface area contributed by atoms with Crippen molar-refractivity contribution in [3.8, 4) is 11.3 Å². The first kappa shape index (κ1) is 18.3. The number of anilines is 1. The van der Waals surface area contributed by atoms with E-state index in [0.29, 0.717) is 5.02 Å². The molecule has 2 aromatic carbocycles. The Labute approximate surface area is 168 Å². The first-order chi connectivity index (χ1) is 13.2. The van der Waals surface area contributed by atoms with Crippen LogP contribution in [0.1, 0.15) is 4.88 Å². The molecule has 0 radical (unpaired) electrons. The number of para-hydroxylation sites is 1. The van der Waals surface area contributed by atoms with Crippen LogP contribution >= 0.6 is 22.9 Å². The maximum atomic E-state index is 11.9. The lowest BCUT2D eigenvalue weighted by atomic mass is 10.1. The Morgan fingerprint density at radius 1 is 0.963 bits per heavy atom. The van der Waals surface area contributed by atoms with Crippen molar-refractivity contribution in [3.05, 3.63) is 74.2 Å². The molecule has 0 atom stereocenters. The van der Waals surface area contributed by atoms with Crippen molar-refractivity contribution < 1.29 is 0 Å². The van der Waals surface area contributed by atoms with E-state index in [2.05, 4.69) is 45.1 Å². The van der Waals surface area contributed by atoms with E-state index >= 15 is 0 Å². The molecular formula is C21H22ClN3OS. The average Bonchev–Trinajstić information content (AvgIpc) is 3.08. The van der Waals surface area contributed by atoms with Crippen molar-refractivity contribution in [1.29, 1.82) is 0 Å². The summed E-state index contributed by atoms with van der Waals surface area (Å²) in [5, 5.41) is 0.703. The Balaban J connectivity index is 1.37. The van der Waals surface area contributed by atoms with Gasteiger partial charge in [0.05, 0.1) is 5.69 Å². The van der Waals surface area contributed by atoms with Crippen LogP contribution in [0.4, 0.5) is 5.69 Å². The highest BCUT2D eigenvalue weighted by molar-refractivity contribution is 7.09. The third-order valence-electron chi connectivity index (χ3n) is 5.00. The van der Waals surface area contributed by atoms with Gasteiger partial charge in [0.25, 0.3) is 0 Å². The molecule has 0 unspecified atom stereocenters. The highest BCUT2D eigenvalue weighted by Gasteiger charge is 2.18.